The molecule has 21 heavy (non-hydrogen) atoms. The maximum absolute atomic E-state index is 12.0. The minimum Gasteiger partial charge on any atom is -0.391 e. The van der Waals surface area contributed by atoms with Crippen LogP contribution in [0.4, 0.5) is 10.6 Å². The molecule has 1 unspecified atom stereocenters. The lowest BCUT2D eigenvalue weighted by Gasteiger charge is -2.28. The summed E-state index contributed by atoms with van der Waals surface area (Å²) in [5.74, 6) is 0.551. The Labute approximate surface area is 125 Å². The molecule has 0 saturated heterocycles. The molecule has 1 aromatic rings. The van der Waals surface area contributed by atoms with E-state index in [1.807, 2.05) is 17.7 Å². The zero-order valence-electron chi connectivity index (χ0n) is 13.1. The van der Waals surface area contributed by atoms with E-state index in [-0.39, 0.29) is 12.1 Å². The fourth-order valence-electron chi connectivity index (χ4n) is 2.77. The number of amides is 2. The summed E-state index contributed by atoms with van der Waals surface area (Å²) < 4.78 is 1.92. The van der Waals surface area contributed by atoms with Crippen LogP contribution in [0.25, 0.3) is 0 Å². The van der Waals surface area contributed by atoms with E-state index in [0.29, 0.717) is 11.9 Å². The van der Waals surface area contributed by atoms with Crippen LogP contribution in [0.2, 0.25) is 0 Å². The number of aromatic nitrogens is 2. The molecule has 0 aliphatic heterocycles. The number of hydrogen-bond donors (Lipinski definition) is 3. The Morgan fingerprint density at radius 1 is 1.52 bits per heavy atom. The van der Waals surface area contributed by atoms with Crippen molar-refractivity contribution in [2.24, 2.45) is 0 Å². The lowest BCUT2D eigenvalue weighted by atomic mass is 9.93. The van der Waals surface area contributed by atoms with Crippen molar-refractivity contribution in [2.45, 2.75) is 71.1 Å². The molecule has 6 nitrogen and oxygen atoms in total. The fraction of sp³-hybridized carbons (Fsp3) is 0.733. The van der Waals surface area contributed by atoms with Crippen LogP contribution in [-0.4, -0.2) is 33.1 Å². The van der Waals surface area contributed by atoms with Crippen molar-refractivity contribution >= 4 is 11.8 Å². The highest BCUT2D eigenvalue weighted by Crippen LogP contribution is 2.19. The van der Waals surface area contributed by atoms with Gasteiger partial charge in [0, 0.05) is 17.8 Å². The summed E-state index contributed by atoms with van der Waals surface area (Å²) in [7, 11) is 0. The topological polar surface area (TPSA) is 79.2 Å². The van der Waals surface area contributed by atoms with Crippen molar-refractivity contribution < 1.29 is 9.90 Å². The summed E-state index contributed by atoms with van der Waals surface area (Å²) in [6.45, 7) is 6.19. The lowest BCUT2D eigenvalue weighted by Crippen LogP contribution is -2.46. The summed E-state index contributed by atoms with van der Waals surface area (Å²) >= 11 is 0. The first-order valence-corrected chi connectivity index (χ1v) is 7.83. The van der Waals surface area contributed by atoms with E-state index in [2.05, 4.69) is 29.6 Å². The van der Waals surface area contributed by atoms with E-state index in [4.69, 9.17) is 0 Å². The molecule has 3 atom stereocenters. The Balaban J connectivity index is 1.93. The van der Waals surface area contributed by atoms with Crippen LogP contribution in [-0.2, 0) is 0 Å². The molecule has 1 aliphatic rings. The largest absolute Gasteiger partial charge is 0.391 e. The zero-order chi connectivity index (χ0) is 15.4. The normalized spacial score (nSPS) is 23.6. The molecule has 3 N–H and O–H groups in total. The number of hydrogen-bond acceptors (Lipinski definition) is 3. The van der Waals surface area contributed by atoms with Gasteiger partial charge in [-0.1, -0.05) is 19.8 Å². The van der Waals surface area contributed by atoms with Crippen LogP contribution in [0.15, 0.2) is 6.07 Å². The zero-order valence-corrected chi connectivity index (χ0v) is 13.1. The maximum Gasteiger partial charge on any atom is 0.320 e. The van der Waals surface area contributed by atoms with Crippen molar-refractivity contribution in [1.82, 2.24) is 15.1 Å². The Hall–Kier alpha value is -1.56. The van der Waals surface area contributed by atoms with Crippen molar-refractivity contribution in [3.8, 4) is 0 Å². The van der Waals surface area contributed by atoms with Crippen molar-refractivity contribution in [1.29, 1.82) is 0 Å². The van der Waals surface area contributed by atoms with Crippen molar-refractivity contribution in [3.05, 3.63) is 11.8 Å². The van der Waals surface area contributed by atoms with E-state index in [0.717, 1.165) is 37.8 Å². The third kappa shape index (κ3) is 3.97. The Morgan fingerprint density at radius 3 is 2.90 bits per heavy atom. The Morgan fingerprint density at radius 2 is 2.24 bits per heavy atom. The third-order valence-corrected chi connectivity index (χ3v) is 4.22. The van der Waals surface area contributed by atoms with E-state index < -0.39 is 6.10 Å². The molecular formula is C15H26N4O2. The monoisotopic (exact) mass is 294 g/mol. The van der Waals surface area contributed by atoms with Gasteiger partial charge in [0.2, 0.25) is 0 Å². The maximum atomic E-state index is 12.0. The van der Waals surface area contributed by atoms with Gasteiger partial charge in [0.05, 0.1) is 12.1 Å². The number of aliphatic hydroxyl groups excluding tert-OH is 1. The molecule has 1 fully saturated rings. The van der Waals surface area contributed by atoms with Gasteiger partial charge in [-0.05, 0) is 33.1 Å². The first-order chi connectivity index (χ1) is 10.0. The standard InChI is InChI=1S/C15H26N4O2/c1-4-10(2)19-11(3)9-14(18-19)17-15(21)16-12-7-5-6-8-13(12)20/h9-10,12-13,20H,4-8H2,1-3H3,(H2,16,17,18,21)/t10?,12-,13-/m0/s1. The second kappa shape index (κ2) is 6.93. The molecule has 1 aromatic heterocycles. The second-order valence-electron chi connectivity index (χ2n) is 5.93. The highest BCUT2D eigenvalue weighted by atomic mass is 16.3. The van der Waals surface area contributed by atoms with Gasteiger partial charge in [-0.3, -0.25) is 10.00 Å². The van der Waals surface area contributed by atoms with Gasteiger partial charge in [0.25, 0.3) is 0 Å². The first-order valence-electron chi connectivity index (χ1n) is 7.83. The molecule has 1 saturated carbocycles. The number of carbonyl (C=O) groups is 1. The van der Waals surface area contributed by atoms with Crippen LogP contribution in [0.3, 0.4) is 0 Å². The average Bonchev–Trinajstić information content (AvgIpc) is 2.81. The van der Waals surface area contributed by atoms with Gasteiger partial charge in [0.1, 0.15) is 0 Å². The third-order valence-electron chi connectivity index (χ3n) is 4.22. The van der Waals surface area contributed by atoms with Crippen LogP contribution in [0.1, 0.15) is 57.7 Å². The molecule has 118 valence electrons. The molecule has 6 heteroatoms. The Kier molecular flexibility index (Phi) is 5.22. The predicted octanol–water partition coefficient (Wildman–Crippen LogP) is 2.59. The van der Waals surface area contributed by atoms with Gasteiger partial charge in [-0.2, -0.15) is 5.10 Å². The lowest BCUT2D eigenvalue weighted by molar-refractivity contribution is 0.0955. The van der Waals surface area contributed by atoms with Crippen LogP contribution >= 0.6 is 0 Å². The number of nitrogens with one attached hydrogen (secondary N) is 2. The summed E-state index contributed by atoms with van der Waals surface area (Å²) in [6.07, 6.45) is 4.21. The minimum absolute atomic E-state index is 0.156. The fourth-order valence-corrected chi connectivity index (χ4v) is 2.77. The number of aliphatic hydroxyl groups is 1. The predicted molar refractivity (Wildman–Crippen MR) is 82.4 cm³/mol. The number of urea groups is 1. The molecule has 0 radical (unpaired) electrons. The molecule has 1 heterocycles. The average molecular weight is 294 g/mol. The molecule has 1 aliphatic carbocycles. The molecule has 0 spiro atoms. The van der Waals surface area contributed by atoms with E-state index in [1.54, 1.807) is 0 Å². The number of anilines is 1. The minimum atomic E-state index is -0.441. The van der Waals surface area contributed by atoms with Gasteiger partial charge < -0.3 is 10.4 Å². The molecule has 0 bridgehead atoms. The van der Waals surface area contributed by atoms with Crippen LogP contribution in [0.5, 0.6) is 0 Å². The molecule has 2 rings (SSSR count). The molecule has 0 aromatic carbocycles. The first kappa shape index (κ1) is 15.8. The second-order valence-corrected chi connectivity index (χ2v) is 5.93. The highest BCUT2D eigenvalue weighted by Gasteiger charge is 2.24. The van der Waals surface area contributed by atoms with Crippen LogP contribution < -0.4 is 10.6 Å². The van der Waals surface area contributed by atoms with Gasteiger partial charge in [0.15, 0.2) is 5.82 Å². The number of carbonyl (C=O) groups excluding carboxylic acids is 1. The van der Waals surface area contributed by atoms with Crippen molar-refractivity contribution in [3.63, 3.8) is 0 Å². The van der Waals surface area contributed by atoms with E-state index >= 15 is 0 Å². The molecular weight excluding hydrogens is 268 g/mol. The summed E-state index contributed by atoms with van der Waals surface area (Å²) in [5, 5.41) is 19.9. The van der Waals surface area contributed by atoms with Gasteiger partial charge in [-0.25, -0.2) is 4.79 Å². The number of aryl methyl sites for hydroxylation is 1. The van der Waals surface area contributed by atoms with Crippen molar-refractivity contribution in [2.75, 3.05) is 5.32 Å². The molecule has 2 amide bonds. The van der Waals surface area contributed by atoms with Crippen LogP contribution in [0, 0.1) is 6.92 Å². The summed E-state index contributed by atoms with van der Waals surface area (Å²) in [5.41, 5.74) is 1.03. The Bertz CT molecular complexity index is 486. The number of nitrogens with zero attached hydrogens (tertiary/aromatic N) is 2. The number of rotatable bonds is 4. The van der Waals surface area contributed by atoms with Gasteiger partial charge >= 0.3 is 6.03 Å². The highest BCUT2D eigenvalue weighted by molar-refractivity contribution is 5.88. The quantitative estimate of drug-likeness (QED) is 0.798. The van der Waals surface area contributed by atoms with E-state index in [9.17, 15) is 9.90 Å². The summed E-state index contributed by atoms with van der Waals surface area (Å²) in [4.78, 5) is 12.0. The SMILES string of the molecule is CCC(C)n1nc(NC(=O)N[C@H]2CCCC[C@@H]2O)cc1C. The smallest absolute Gasteiger partial charge is 0.320 e. The van der Waals surface area contributed by atoms with Gasteiger partial charge in [-0.15, -0.1) is 0 Å². The van der Waals surface area contributed by atoms with E-state index in [1.165, 1.54) is 0 Å². The summed E-state index contributed by atoms with van der Waals surface area (Å²) in [6, 6.07) is 1.72.